The zero-order chi connectivity index (χ0) is 17.2. The van der Waals surface area contributed by atoms with Crippen LogP contribution >= 0.6 is 12.4 Å². The second-order valence-corrected chi connectivity index (χ2v) is 6.29. The van der Waals surface area contributed by atoms with Gasteiger partial charge in [0.1, 0.15) is 6.04 Å². The first-order valence-corrected chi connectivity index (χ1v) is 8.89. The van der Waals surface area contributed by atoms with Crippen molar-refractivity contribution in [2.75, 3.05) is 19.7 Å². The minimum Gasteiger partial charge on any atom is -0.464 e. The second-order valence-electron chi connectivity index (χ2n) is 6.29. The van der Waals surface area contributed by atoms with Gasteiger partial charge >= 0.3 is 5.97 Å². The van der Waals surface area contributed by atoms with Crippen LogP contribution in [0.25, 0.3) is 0 Å². The molecule has 1 atom stereocenters. The number of nitrogens with one attached hydrogen (secondary N) is 2. The fraction of sp³-hybridized carbons (Fsp3) is 0.579. The van der Waals surface area contributed by atoms with Crippen molar-refractivity contribution in [3.05, 3.63) is 35.9 Å². The van der Waals surface area contributed by atoms with Crippen LogP contribution in [0.1, 0.15) is 38.2 Å². The molecule has 1 amide bonds. The molecule has 1 aliphatic heterocycles. The number of hydrogen-bond acceptors (Lipinski definition) is 4. The Morgan fingerprint density at radius 3 is 2.56 bits per heavy atom. The van der Waals surface area contributed by atoms with E-state index in [1.807, 2.05) is 30.3 Å². The summed E-state index contributed by atoms with van der Waals surface area (Å²) >= 11 is 0. The SMILES string of the molecule is CCOC(=O)C(Cc1ccccc1)NC(=O)CCC1CCNCC1.Cl. The zero-order valence-electron chi connectivity index (χ0n) is 14.8. The summed E-state index contributed by atoms with van der Waals surface area (Å²) in [4.78, 5) is 24.4. The van der Waals surface area contributed by atoms with Gasteiger partial charge in [0.2, 0.25) is 5.91 Å². The first kappa shape index (κ1) is 21.5. The van der Waals surface area contributed by atoms with Gasteiger partial charge in [0, 0.05) is 12.8 Å². The van der Waals surface area contributed by atoms with Crippen molar-refractivity contribution < 1.29 is 14.3 Å². The number of benzene rings is 1. The molecule has 1 unspecified atom stereocenters. The van der Waals surface area contributed by atoms with E-state index >= 15 is 0 Å². The van der Waals surface area contributed by atoms with E-state index in [9.17, 15) is 9.59 Å². The molecule has 2 N–H and O–H groups in total. The summed E-state index contributed by atoms with van der Waals surface area (Å²) in [5.74, 6) is 0.172. The number of amides is 1. The smallest absolute Gasteiger partial charge is 0.328 e. The predicted molar refractivity (Wildman–Crippen MR) is 101 cm³/mol. The third-order valence-corrected chi connectivity index (χ3v) is 4.43. The maximum Gasteiger partial charge on any atom is 0.328 e. The average Bonchev–Trinajstić information content (AvgIpc) is 2.61. The molecular weight excluding hydrogens is 340 g/mol. The van der Waals surface area contributed by atoms with Crippen molar-refractivity contribution in [2.24, 2.45) is 5.92 Å². The lowest BCUT2D eigenvalue weighted by molar-refractivity contribution is -0.147. The lowest BCUT2D eigenvalue weighted by Gasteiger charge is -2.23. The number of halogens is 1. The topological polar surface area (TPSA) is 67.4 Å². The maximum absolute atomic E-state index is 12.3. The highest BCUT2D eigenvalue weighted by Gasteiger charge is 2.23. The summed E-state index contributed by atoms with van der Waals surface area (Å²) in [5, 5.41) is 6.19. The lowest BCUT2D eigenvalue weighted by Crippen LogP contribution is -2.43. The molecule has 1 aromatic rings. The first-order chi connectivity index (χ1) is 11.7. The molecule has 1 heterocycles. The van der Waals surface area contributed by atoms with Crippen LogP contribution in [0.3, 0.4) is 0 Å². The number of esters is 1. The molecular formula is C19H29ClN2O3. The summed E-state index contributed by atoms with van der Waals surface area (Å²) < 4.78 is 5.11. The van der Waals surface area contributed by atoms with Gasteiger partial charge in [-0.3, -0.25) is 4.79 Å². The fourth-order valence-corrected chi connectivity index (χ4v) is 3.06. The number of carbonyl (C=O) groups is 2. The van der Waals surface area contributed by atoms with E-state index in [1.54, 1.807) is 6.92 Å². The second kappa shape index (κ2) is 11.9. The Hall–Kier alpha value is -1.59. The van der Waals surface area contributed by atoms with Crippen molar-refractivity contribution >= 4 is 24.3 Å². The van der Waals surface area contributed by atoms with Gasteiger partial charge in [0.05, 0.1) is 6.61 Å². The summed E-state index contributed by atoms with van der Waals surface area (Å²) in [7, 11) is 0. The van der Waals surface area contributed by atoms with Crippen LogP contribution in [0.4, 0.5) is 0 Å². The number of hydrogen-bond donors (Lipinski definition) is 2. The van der Waals surface area contributed by atoms with Gasteiger partial charge in [-0.15, -0.1) is 12.4 Å². The van der Waals surface area contributed by atoms with Crippen molar-refractivity contribution in [2.45, 2.75) is 45.1 Å². The van der Waals surface area contributed by atoms with E-state index in [2.05, 4.69) is 10.6 Å². The minimum atomic E-state index is -0.618. The molecule has 140 valence electrons. The molecule has 0 bridgehead atoms. The van der Waals surface area contributed by atoms with E-state index in [0.29, 0.717) is 25.4 Å². The van der Waals surface area contributed by atoms with Crippen molar-refractivity contribution in [1.82, 2.24) is 10.6 Å². The number of carbonyl (C=O) groups excluding carboxylic acids is 2. The summed E-state index contributed by atoms with van der Waals surface area (Å²) in [5.41, 5.74) is 1.01. The molecule has 5 nitrogen and oxygen atoms in total. The van der Waals surface area contributed by atoms with Gasteiger partial charge in [0.25, 0.3) is 0 Å². The van der Waals surface area contributed by atoms with Crippen molar-refractivity contribution in [3.8, 4) is 0 Å². The molecule has 1 fully saturated rings. The Balaban J connectivity index is 0.00000312. The summed E-state index contributed by atoms with van der Waals surface area (Å²) in [6, 6.07) is 9.07. The van der Waals surface area contributed by atoms with Gasteiger partial charge in [-0.1, -0.05) is 30.3 Å². The van der Waals surface area contributed by atoms with Crippen LogP contribution in [0, 0.1) is 5.92 Å². The maximum atomic E-state index is 12.3. The monoisotopic (exact) mass is 368 g/mol. The fourth-order valence-electron chi connectivity index (χ4n) is 3.06. The molecule has 1 saturated heterocycles. The number of rotatable bonds is 8. The van der Waals surface area contributed by atoms with Crippen LogP contribution in [-0.4, -0.2) is 37.6 Å². The van der Waals surface area contributed by atoms with E-state index < -0.39 is 6.04 Å². The molecule has 1 aliphatic rings. The first-order valence-electron chi connectivity index (χ1n) is 8.89. The molecule has 6 heteroatoms. The van der Waals surface area contributed by atoms with Gasteiger partial charge < -0.3 is 15.4 Å². The molecule has 2 rings (SSSR count). The van der Waals surface area contributed by atoms with Crippen LogP contribution in [-0.2, 0) is 20.7 Å². The van der Waals surface area contributed by atoms with E-state index in [4.69, 9.17) is 4.74 Å². The third-order valence-electron chi connectivity index (χ3n) is 4.43. The van der Waals surface area contributed by atoms with Gasteiger partial charge in [-0.05, 0) is 50.8 Å². The molecule has 0 aromatic heterocycles. The minimum absolute atomic E-state index is 0. The average molecular weight is 369 g/mol. The van der Waals surface area contributed by atoms with Gasteiger partial charge in [-0.2, -0.15) is 0 Å². The Bertz CT molecular complexity index is 519. The van der Waals surface area contributed by atoms with Crippen LogP contribution in [0.15, 0.2) is 30.3 Å². The Kier molecular flexibility index (Phi) is 10.2. The summed E-state index contributed by atoms with van der Waals surface area (Å²) in [6.45, 7) is 4.16. The Morgan fingerprint density at radius 1 is 1.24 bits per heavy atom. The zero-order valence-corrected chi connectivity index (χ0v) is 15.6. The molecule has 1 aromatic carbocycles. The molecule has 0 spiro atoms. The standard InChI is InChI=1S/C19H28N2O3.ClH/c1-2-24-19(23)17(14-16-6-4-3-5-7-16)21-18(22)9-8-15-10-12-20-13-11-15;/h3-7,15,17,20H,2,8-14H2,1H3,(H,21,22);1H. The van der Waals surface area contributed by atoms with E-state index in [0.717, 1.165) is 37.9 Å². The summed E-state index contributed by atoms with van der Waals surface area (Å²) in [6.07, 6.45) is 4.06. The Labute approximate surface area is 156 Å². The number of piperidine rings is 1. The van der Waals surface area contributed by atoms with Gasteiger partial charge in [0.15, 0.2) is 0 Å². The lowest BCUT2D eigenvalue weighted by atomic mass is 9.93. The molecule has 25 heavy (non-hydrogen) atoms. The van der Waals surface area contributed by atoms with Crippen molar-refractivity contribution in [3.63, 3.8) is 0 Å². The largest absolute Gasteiger partial charge is 0.464 e. The van der Waals surface area contributed by atoms with Crippen LogP contribution in [0.2, 0.25) is 0 Å². The van der Waals surface area contributed by atoms with E-state index in [-0.39, 0.29) is 24.3 Å². The van der Waals surface area contributed by atoms with Gasteiger partial charge in [-0.25, -0.2) is 4.79 Å². The number of ether oxygens (including phenoxy) is 1. The normalized spacial score (nSPS) is 15.7. The van der Waals surface area contributed by atoms with Crippen molar-refractivity contribution in [1.29, 1.82) is 0 Å². The Morgan fingerprint density at radius 2 is 1.92 bits per heavy atom. The highest BCUT2D eigenvalue weighted by atomic mass is 35.5. The third kappa shape index (κ3) is 7.88. The molecule has 0 radical (unpaired) electrons. The molecule has 0 saturated carbocycles. The van der Waals surface area contributed by atoms with Crippen LogP contribution in [0.5, 0.6) is 0 Å². The molecule has 0 aliphatic carbocycles. The quantitative estimate of drug-likeness (QED) is 0.692. The predicted octanol–water partition coefficient (Wildman–Crippen LogP) is 2.48. The highest BCUT2D eigenvalue weighted by molar-refractivity contribution is 5.85. The van der Waals surface area contributed by atoms with Crippen LogP contribution < -0.4 is 10.6 Å². The highest BCUT2D eigenvalue weighted by Crippen LogP contribution is 2.17. The van der Waals surface area contributed by atoms with E-state index in [1.165, 1.54) is 0 Å².